The molecule has 0 bridgehead atoms. The van der Waals surface area contributed by atoms with Crippen LogP contribution in [0.4, 0.5) is 10.5 Å². The van der Waals surface area contributed by atoms with Gasteiger partial charge in [-0.2, -0.15) is 0 Å². The van der Waals surface area contributed by atoms with Crippen molar-refractivity contribution in [1.29, 1.82) is 0 Å². The van der Waals surface area contributed by atoms with Crippen LogP contribution in [-0.2, 0) is 4.74 Å². The zero-order valence-electron chi connectivity index (χ0n) is 19.0. The standard InChI is InChI=1S/C24H33N3O5/c1-24(2,3)32-23(30)26-19-6-4-15(10-16(19)14-28)13-27-8-9-31-21-12-25-20-7-5-17(29)11-18(20)22(21)27/h5,7,11-12,15-16,19,28-29H,4,6,8-10,13-14H2,1-3H3,(H,26,30)/t15-,16-,19-/m1/s1. The molecule has 1 amide bonds. The molecule has 1 aliphatic carbocycles. The number of ether oxygens (including phenoxy) is 2. The van der Waals surface area contributed by atoms with E-state index in [0.717, 1.165) is 54.7 Å². The molecular formula is C24H33N3O5. The number of fused-ring (bicyclic) bond motifs is 3. The highest BCUT2D eigenvalue weighted by Gasteiger charge is 2.34. The number of nitrogens with zero attached hydrogens (tertiary/aromatic N) is 2. The molecule has 0 saturated heterocycles. The second kappa shape index (κ2) is 9.02. The van der Waals surface area contributed by atoms with Crippen molar-refractivity contribution in [3.63, 3.8) is 0 Å². The Morgan fingerprint density at radius 2 is 2.16 bits per heavy atom. The maximum Gasteiger partial charge on any atom is 0.407 e. The summed E-state index contributed by atoms with van der Waals surface area (Å²) in [6, 6.07) is 5.10. The average Bonchev–Trinajstić information content (AvgIpc) is 2.73. The summed E-state index contributed by atoms with van der Waals surface area (Å²) in [6.07, 6.45) is 3.87. The van der Waals surface area contributed by atoms with E-state index in [1.165, 1.54) is 0 Å². The number of nitrogens with one attached hydrogen (secondary N) is 1. The Kier molecular flexibility index (Phi) is 6.33. The highest BCUT2D eigenvalue weighted by atomic mass is 16.6. The number of pyridine rings is 1. The molecule has 2 heterocycles. The Bertz CT molecular complexity index is 974. The number of aromatic nitrogens is 1. The van der Waals surface area contributed by atoms with Gasteiger partial charge in [0, 0.05) is 30.5 Å². The number of anilines is 1. The van der Waals surface area contributed by atoms with Gasteiger partial charge in [-0.15, -0.1) is 0 Å². The summed E-state index contributed by atoms with van der Waals surface area (Å²) in [6.45, 7) is 7.70. The molecular weight excluding hydrogens is 410 g/mol. The van der Waals surface area contributed by atoms with Gasteiger partial charge in [0.15, 0.2) is 5.75 Å². The van der Waals surface area contributed by atoms with Gasteiger partial charge in [-0.25, -0.2) is 4.79 Å². The van der Waals surface area contributed by atoms with Crippen LogP contribution in [0.25, 0.3) is 10.9 Å². The first-order valence-electron chi connectivity index (χ1n) is 11.3. The molecule has 8 nitrogen and oxygen atoms in total. The van der Waals surface area contributed by atoms with Gasteiger partial charge in [0.25, 0.3) is 0 Å². The van der Waals surface area contributed by atoms with Gasteiger partial charge in [0.1, 0.15) is 18.0 Å². The van der Waals surface area contributed by atoms with Crippen LogP contribution in [0, 0.1) is 11.8 Å². The molecule has 8 heteroatoms. The fourth-order valence-corrected chi connectivity index (χ4v) is 4.83. The van der Waals surface area contributed by atoms with Gasteiger partial charge in [0.05, 0.1) is 23.9 Å². The van der Waals surface area contributed by atoms with E-state index in [1.54, 1.807) is 18.3 Å². The molecule has 174 valence electrons. The van der Waals surface area contributed by atoms with E-state index >= 15 is 0 Å². The molecule has 1 fully saturated rings. The number of aliphatic hydroxyl groups excluding tert-OH is 1. The van der Waals surface area contributed by atoms with E-state index in [4.69, 9.17) is 9.47 Å². The quantitative estimate of drug-likeness (QED) is 0.665. The molecule has 0 spiro atoms. The van der Waals surface area contributed by atoms with Gasteiger partial charge in [-0.1, -0.05) is 0 Å². The van der Waals surface area contributed by atoms with Crippen molar-refractivity contribution in [3.8, 4) is 11.5 Å². The van der Waals surface area contributed by atoms with Crippen molar-refractivity contribution < 1.29 is 24.5 Å². The molecule has 1 aliphatic heterocycles. The molecule has 0 radical (unpaired) electrons. The lowest BCUT2D eigenvalue weighted by Crippen LogP contribution is -2.48. The molecule has 2 aliphatic rings. The predicted octanol–water partition coefficient (Wildman–Crippen LogP) is 3.44. The summed E-state index contributed by atoms with van der Waals surface area (Å²) in [4.78, 5) is 19.0. The van der Waals surface area contributed by atoms with Crippen molar-refractivity contribution in [1.82, 2.24) is 10.3 Å². The zero-order valence-corrected chi connectivity index (χ0v) is 19.0. The summed E-state index contributed by atoms with van der Waals surface area (Å²) in [5.41, 5.74) is 1.23. The van der Waals surface area contributed by atoms with Crippen molar-refractivity contribution in [3.05, 3.63) is 24.4 Å². The molecule has 1 aromatic carbocycles. The molecule has 1 aromatic heterocycles. The van der Waals surface area contributed by atoms with Crippen LogP contribution < -0.4 is 15.0 Å². The van der Waals surface area contributed by atoms with E-state index in [1.807, 2.05) is 26.8 Å². The number of carbonyl (C=O) groups excluding carboxylic acids is 1. The van der Waals surface area contributed by atoms with Crippen molar-refractivity contribution in [2.45, 2.75) is 51.7 Å². The summed E-state index contributed by atoms with van der Waals surface area (Å²) < 4.78 is 11.2. The number of amides is 1. The Balaban J connectivity index is 1.46. The average molecular weight is 444 g/mol. The fraction of sp³-hybridized carbons (Fsp3) is 0.583. The fourth-order valence-electron chi connectivity index (χ4n) is 4.83. The zero-order chi connectivity index (χ0) is 22.9. The van der Waals surface area contributed by atoms with Gasteiger partial charge >= 0.3 is 6.09 Å². The SMILES string of the molecule is CC(C)(C)OC(=O)N[C@@H]1CC[C@@H](CN2CCOc3cnc4ccc(O)cc4c32)C[C@@H]1CO. The van der Waals surface area contributed by atoms with E-state index in [-0.39, 0.29) is 24.3 Å². The lowest BCUT2D eigenvalue weighted by molar-refractivity contribution is 0.0423. The largest absolute Gasteiger partial charge is 0.508 e. The van der Waals surface area contributed by atoms with Crippen molar-refractivity contribution in [2.24, 2.45) is 11.8 Å². The Labute approximate surface area is 188 Å². The number of benzene rings is 1. The molecule has 3 atom stereocenters. The maximum atomic E-state index is 12.2. The number of hydrogen-bond donors (Lipinski definition) is 3. The minimum Gasteiger partial charge on any atom is -0.508 e. The van der Waals surface area contributed by atoms with Crippen molar-refractivity contribution in [2.75, 3.05) is 31.2 Å². The second-order valence-corrected chi connectivity index (χ2v) is 9.84. The number of carbonyl (C=O) groups is 1. The van der Waals surface area contributed by atoms with Crippen LogP contribution in [0.15, 0.2) is 24.4 Å². The number of phenolic OH excluding ortho intramolecular Hbond substituents is 1. The van der Waals surface area contributed by atoms with Crippen LogP contribution in [0.2, 0.25) is 0 Å². The topological polar surface area (TPSA) is 104 Å². The Morgan fingerprint density at radius 3 is 2.91 bits per heavy atom. The molecule has 0 unspecified atom stereocenters. The van der Waals surface area contributed by atoms with Crippen LogP contribution in [0.1, 0.15) is 40.0 Å². The second-order valence-electron chi connectivity index (χ2n) is 9.84. The molecule has 2 aromatic rings. The molecule has 4 rings (SSSR count). The van der Waals surface area contributed by atoms with Crippen LogP contribution >= 0.6 is 0 Å². The first-order valence-corrected chi connectivity index (χ1v) is 11.3. The summed E-state index contributed by atoms with van der Waals surface area (Å²) in [5, 5.41) is 23.8. The first kappa shape index (κ1) is 22.5. The Morgan fingerprint density at radius 1 is 1.34 bits per heavy atom. The number of rotatable bonds is 4. The molecule has 32 heavy (non-hydrogen) atoms. The van der Waals surface area contributed by atoms with E-state index in [2.05, 4.69) is 15.2 Å². The van der Waals surface area contributed by atoms with E-state index in [9.17, 15) is 15.0 Å². The summed E-state index contributed by atoms with van der Waals surface area (Å²) in [5.74, 6) is 1.29. The normalized spacial score (nSPS) is 23.4. The number of aromatic hydroxyl groups is 1. The minimum atomic E-state index is -0.550. The Hall–Kier alpha value is -2.74. The van der Waals surface area contributed by atoms with Crippen LogP contribution in [0.5, 0.6) is 11.5 Å². The van der Waals surface area contributed by atoms with E-state index in [0.29, 0.717) is 12.5 Å². The van der Waals surface area contributed by atoms with Gasteiger partial charge in [-0.05, 0) is 64.2 Å². The number of hydrogen-bond acceptors (Lipinski definition) is 7. The highest BCUT2D eigenvalue weighted by Crippen LogP contribution is 2.40. The number of alkyl carbamates (subject to hydrolysis) is 1. The van der Waals surface area contributed by atoms with Crippen LogP contribution in [0.3, 0.4) is 0 Å². The van der Waals surface area contributed by atoms with Gasteiger partial charge in [0.2, 0.25) is 0 Å². The lowest BCUT2D eigenvalue weighted by Gasteiger charge is -2.40. The highest BCUT2D eigenvalue weighted by molar-refractivity contribution is 5.96. The predicted molar refractivity (Wildman–Crippen MR) is 122 cm³/mol. The summed E-state index contributed by atoms with van der Waals surface area (Å²) >= 11 is 0. The number of aliphatic hydroxyl groups is 1. The van der Waals surface area contributed by atoms with Crippen LogP contribution in [-0.4, -0.2) is 59.2 Å². The minimum absolute atomic E-state index is 0.0139. The van der Waals surface area contributed by atoms with E-state index < -0.39 is 11.7 Å². The molecule has 1 saturated carbocycles. The third kappa shape index (κ3) is 5.01. The van der Waals surface area contributed by atoms with Gasteiger partial charge in [-0.3, -0.25) is 4.98 Å². The summed E-state index contributed by atoms with van der Waals surface area (Å²) in [7, 11) is 0. The smallest absolute Gasteiger partial charge is 0.407 e. The first-order chi connectivity index (χ1) is 15.2. The number of phenols is 1. The molecule has 3 N–H and O–H groups in total. The third-order valence-corrected chi connectivity index (χ3v) is 6.23. The van der Waals surface area contributed by atoms with Gasteiger partial charge < -0.3 is 29.9 Å². The third-order valence-electron chi connectivity index (χ3n) is 6.23. The lowest BCUT2D eigenvalue weighted by atomic mass is 9.78. The monoisotopic (exact) mass is 443 g/mol. The van der Waals surface area contributed by atoms with Crippen molar-refractivity contribution >= 4 is 22.7 Å². The maximum absolute atomic E-state index is 12.2.